The summed E-state index contributed by atoms with van der Waals surface area (Å²) >= 11 is 7.04. The Balaban J connectivity index is 1.66. The number of carbonyl (C=O) groups is 1. The highest BCUT2D eigenvalue weighted by atomic mass is 35.5. The van der Waals surface area contributed by atoms with E-state index in [1.165, 1.54) is 18.9 Å². The van der Waals surface area contributed by atoms with Gasteiger partial charge in [0.05, 0.1) is 20.0 Å². The molecule has 3 aromatic rings. The van der Waals surface area contributed by atoms with Crippen LogP contribution in [0.25, 0.3) is 11.5 Å². The third-order valence-corrected chi connectivity index (χ3v) is 4.60. The number of hydrogen-bond donors (Lipinski definition) is 0. The molecule has 0 saturated carbocycles. The van der Waals surface area contributed by atoms with E-state index in [0.717, 1.165) is 5.56 Å². The molecule has 0 aliphatic heterocycles. The van der Waals surface area contributed by atoms with E-state index in [1.54, 1.807) is 49.6 Å². The van der Waals surface area contributed by atoms with Gasteiger partial charge in [0.15, 0.2) is 17.3 Å². The second kappa shape index (κ2) is 8.25. The fourth-order valence-electron chi connectivity index (χ4n) is 2.20. The van der Waals surface area contributed by atoms with Gasteiger partial charge in [-0.2, -0.15) is 0 Å². The van der Waals surface area contributed by atoms with E-state index in [2.05, 4.69) is 10.2 Å². The summed E-state index contributed by atoms with van der Waals surface area (Å²) in [6.07, 6.45) is 0. The Hall–Kier alpha value is -2.51. The van der Waals surface area contributed by atoms with Crippen LogP contribution in [0.3, 0.4) is 0 Å². The molecular formula is C18H15ClN2O4S. The molecule has 3 rings (SSSR count). The summed E-state index contributed by atoms with van der Waals surface area (Å²) < 4.78 is 16.0. The Morgan fingerprint density at radius 3 is 2.50 bits per heavy atom. The second-order valence-corrected chi connectivity index (χ2v) is 6.52. The highest BCUT2D eigenvalue weighted by Crippen LogP contribution is 2.29. The van der Waals surface area contributed by atoms with Crippen LogP contribution in [-0.2, 0) is 0 Å². The van der Waals surface area contributed by atoms with E-state index >= 15 is 0 Å². The molecule has 0 fully saturated rings. The summed E-state index contributed by atoms with van der Waals surface area (Å²) in [7, 11) is 3.07. The van der Waals surface area contributed by atoms with Crippen LogP contribution in [0.5, 0.6) is 11.5 Å². The normalized spacial score (nSPS) is 10.6. The molecule has 6 nitrogen and oxygen atoms in total. The quantitative estimate of drug-likeness (QED) is 0.437. The molecule has 2 aromatic carbocycles. The Kier molecular flexibility index (Phi) is 5.80. The first-order chi connectivity index (χ1) is 12.6. The van der Waals surface area contributed by atoms with Crippen LogP contribution in [0.1, 0.15) is 10.4 Å². The highest BCUT2D eigenvalue weighted by molar-refractivity contribution is 7.99. The smallest absolute Gasteiger partial charge is 0.277 e. The topological polar surface area (TPSA) is 74.5 Å². The zero-order valence-electron chi connectivity index (χ0n) is 14.1. The molecule has 26 heavy (non-hydrogen) atoms. The number of hydrogen-bond acceptors (Lipinski definition) is 7. The van der Waals surface area contributed by atoms with Crippen molar-refractivity contribution in [2.24, 2.45) is 0 Å². The van der Waals surface area contributed by atoms with Gasteiger partial charge in [-0.25, -0.2) is 0 Å². The molecule has 1 heterocycles. The number of ketones is 1. The summed E-state index contributed by atoms with van der Waals surface area (Å²) in [5.41, 5.74) is 1.28. The molecule has 0 saturated heterocycles. The van der Waals surface area contributed by atoms with Gasteiger partial charge >= 0.3 is 0 Å². The van der Waals surface area contributed by atoms with Gasteiger partial charge in [-0.15, -0.1) is 10.2 Å². The lowest BCUT2D eigenvalue weighted by atomic mass is 10.1. The number of ether oxygens (including phenoxy) is 2. The van der Waals surface area contributed by atoms with Gasteiger partial charge in [0, 0.05) is 16.1 Å². The van der Waals surface area contributed by atoms with Crippen molar-refractivity contribution in [1.29, 1.82) is 0 Å². The van der Waals surface area contributed by atoms with Gasteiger partial charge in [-0.3, -0.25) is 4.79 Å². The van der Waals surface area contributed by atoms with Crippen molar-refractivity contribution in [3.05, 3.63) is 53.1 Å². The minimum atomic E-state index is -0.0813. The summed E-state index contributed by atoms with van der Waals surface area (Å²) in [5.74, 6) is 1.54. The predicted molar refractivity (Wildman–Crippen MR) is 99.3 cm³/mol. The maximum absolute atomic E-state index is 12.4. The molecule has 0 bridgehead atoms. The second-order valence-electron chi connectivity index (χ2n) is 5.16. The van der Waals surface area contributed by atoms with E-state index < -0.39 is 0 Å². The number of rotatable bonds is 7. The molecule has 1 aromatic heterocycles. The summed E-state index contributed by atoms with van der Waals surface area (Å²) in [5, 5.41) is 8.90. The van der Waals surface area contributed by atoms with Crippen molar-refractivity contribution >= 4 is 29.1 Å². The number of benzene rings is 2. The number of halogens is 1. The summed E-state index contributed by atoms with van der Waals surface area (Å²) in [6.45, 7) is 0. The fraction of sp³-hybridized carbons (Fsp3) is 0.167. The van der Waals surface area contributed by atoms with Gasteiger partial charge in [-0.1, -0.05) is 23.4 Å². The van der Waals surface area contributed by atoms with Crippen LogP contribution in [0.4, 0.5) is 0 Å². The largest absolute Gasteiger partial charge is 0.493 e. The monoisotopic (exact) mass is 390 g/mol. The molecule has 0 aliphatic rings. The maximum Gasteiger partial charge on any atom is 0.277 e. The summed E-state index contributed by atoms with van der Waals surface area (Å²) in [4.78, 5) is 12.4. The van der Waals surface area contributed by atoms with Gasteiger partial charge in [-0.05, 0) is 42.5 Å². The summed E-state index contributed by atoms with van der Waals surface area (Å²) in [6, 6.07) is 12.1. The van der Waals surface area contributed by atoms with Gasteiger partial charge in [0.2, 0.25) is 5.89 Å². The lowest BCUT2D eigenvalue weighted by molar-refractivity contribution is 0.102. The van der Waals surface area contributed by atoms with E-state index in [4.69, 9.17) is 25.5 Å². The van der Waals surface area contributed by atoms with E-state index in [9.17, 15) is 4.79 Å². The molecule has 0 atom stereocenters. The zero-order chi connectivity index (χ0) is 18.5. The van der Waals surface area contributed by atoms with Crippen molar-refractivity contribution in [2.45, 2.75) is 5.22 Å². The van der Waals surface area contributed by atoms with Crippen LogP contribution in [0, 0.1) is 0 Å². The van der Waals surface area contributed by atoms with Crippen LogP contribution < -0.4 is 9.47 Å². The first kappa shape index (κ1) is 18.3. The van der Waals surface area contributed by atoms with E-state index in [0.29, 0.717) is 33.2 Å². The average molecular weight is 391 g/mol. The molecule has 0 spiro atoms. The van der Waals surface area contributed by atoms with Crippen LogP contribution in [0.2, 0.25) is 5.02 Å². The van der Waals surface area contributed by atoms with Crippen LogP contribution >= 0.6 is 23.4 Å². The van der Waals surface area contributed by atoms with Gasteiger partial charge < -0.3 is 13.9 Å². The highest BCUT2D eigenvalue weighted by Gasteiger charge is 2.14. The molecule has 0 unspecified atom stereocenters. The number of methoxy groups -OCH3 is 2. The van der Waals surface area contributed by atoms with Crippen molar-refractivity contribution in [2.75, 3.05) is 20.0 Å². The zero-order valence-corrected chi connectivity index (χ0v) is 15.6. The maximum atomic E-state index is 12.4. The van der Waals surface area contributed by atoms with E-state index in [-0.39, 0.29) is 11.5 Å². The number of Topliss-reactive ketones (excluding diaryl/α,β-unsaturated/α-hetero) is 1. The van der Waals surface area contributed by atoms with Crippen molar-refractivity contribution < 1.29 is 18.7 Å². The molecule has 0 aliphatic carbocycles. The van der Waals surface area contributed by atoms with Gasteiger partial charge in [0.25, 0.3) is 5.22 Å². The molecule has 0 radical (unpaired) electrons. The Morgan fingerprint density at radius 2 is 1.81 bits per heavy atom. The number of carbonyl (C=O) groups excluding carboxylic acids is 1. The van der Waals surface area contributed by atoms with Crippen LogP contribution in [-0.4, -0.2) is 36.0 Å². The Labute approximate surface area is 159 Å². The average Bonchev–Trinajstić information content (AvgIpc) is 3.15. The molecule has 134 valence electrons. The lowest BCUT2D eigenvalue weighted by Crippen LogP contribution is -2.03. The first-order valence-electron chi connectivity index (χ1n) is 7.58. The number of aromatic nitrogens is 2. The number of thioether (sulfide) groups is 1. The SMILES string of the molecule is COc1ccc(C(=O)CSc2nnc(-c3ccc(Cl)cc3)o2)cc1OC. The van der Waals surface area contributed by atoms with Crippen molar-refractivity contribution in [1.82, 2.24) is 10.2 Å². The molecule has 0 N–H and O–H groups in total. The molecule has 8 heteroatoms. The van der Waals surface area contributed by atoms with Crippen molar-refractivity contribution in [3.63, 3.8) is 0 Å². The van der Waals surface area contributed by atoms with Crippen molar-refractivity contribution in [3.8, 4) is 23.0 Å². The third kappa shape index (κ3) is 4.17. The Bertz CT molecular complexity index is 912. The van der Waals surface area contributed by atoms with Crippen LogP contribution in [0.15, 0.2) is 52.1 Å². The van der Waals surface area contributed by atoms with Gasteiger partial charge in [0.1, 0.15) is 0 Å². The standard InChI is InChI=1S/C18H15ClN2O4S/c1-23-15-8-5-12(9-16(15)24-2)14(22)10-26-18-21-20-17(25-18)11-3-6-13(19)7-4-11/h3-9H,10H2,1-2H3. The Morgan fingerprint density at radius 1 is 1.08 bits per heavy atom. The fourth-order valence-corrected chi connectivity index (χ4v) is 2.98. The predicted octanol–water partition coefficient (Wildman–Crippen LogP) is 4.38. The minimum absolute atomic E-state index is 0.0813. The molecule has 0 amide bonds. The first-order valence-corrected chi connectivity index (χ1v) is 8.94. The van der Waals surface area contributed by atoms with E-state index in [1.807, 2.05) is 0 Å². The molecular weight excluding hydrogens is 376 g/mol. The third-order valence-electron chi connectivity index (χ3n) is 3.53. The number of nitrogens with zero attached hydrogens (tertiary/aromatic N) is 2. The minimum Gasteiger partial charge on any atom is -0.493 e. The lowest BCUT2D eigenvalue weighted by Gasteiger charge is -2.08.